The first-order chi connectivity index (χ1) is 9.31. The predicted octanol–water partition coefficient (Wildman–Crippen LogP) is 1.59. The molecule has 1 aromatic heterocycles. The van der Waals surface area contributed by atoms with Gasteiger partial charge >= 0.3 is 7.55 Å². The van der Waals surface area contributed by atoms with Crippen molar-refractivity contribution in [1.82, 2.24) is 9.44 Å². The van der Waals surface area contributed by atoms with E-state index in [1.807, 2.05) is 12.1 Å². The van der Waals surface area contributed by atoms with E-state index in [-0.39, 0.29) is 0 Å². The molecule has 94 valence electrons. The lowest BCUT2D eigenvalue weighted by Gasteiger charge is -2.28. The molecule has 0 spiro atoms. The molecule has 0 aliphatic carbocycles. The molecule has 0 fully saturated rings. The summed E-state index contributed by atoms with van der Waals surface area (Å²) in [7, 11) is 3.14. The molecule has 1 aliphatic rings. The van der Waals surface area contributed by atoms with E-state index in [1.54, 1.807) is 0 Å². The maximum Gasteiger partial charge on any atom is 0.300 e. The first-order valence-electron chi connectivity index (χ1n) is 6.96. The highest BCUT2D eigenvalue weighted by atomic mass is 16.3. The molecule has 19 heavy (non-hydrogen) atoms. The van der Waals surface area contributed by atoms with Crippen molar-refractivity contribution in [1.29, 1.82) is 0 Å². The van der Waals surface area contributed by atoms with Crippen molar-refractivity contribution < 1.29 is 4.42 Å². The molecule has 0 unspecified atom stereocenters. The van der Waals surface area contributed by atoms with E-state index < -0.39 is 0 Å². The second-order valence-corrected chi connectivity index (χ2v) is 4.95. The molecule has 3 rings (SSSR count). The molecule has 2 heterocycles. The third-order valence-electron chi connectivity index (χ3n) is 3.80. The average Bonchev–Trinajstić information content (AvgIpc) is 2.82. The van der Waals surface area contributed by atoms with Crippen LogP contribution in [0.1, 0.15) is 11.3 Å². The van der Waals surface area contributed by atoms with Crippen LogP contribution in [0.15, 0.2) is 34.9 Å². The Kier molecular flexibility index (Phi) is 3.43. The standard InChI is InChI=1S/C13H17B3N2O/c1-14-18(15-2)16-17-8-7-13-11(9-17)10-5-3-4-6-12(10)19-13/h3-8,14-16H,9H2,1-2H3. The predicted molar refractivity (Wildman–Crippen MR) is 85.8 cm³/mol. The Labute approximate surface area is 116 Å². The van der Waals surface area contributed by atoms with Crippen LogP contribution in [-0.4, -0.2) is 31.8 Å². The molecular weight excluding hydrogens is 233 g/mol. The van der Waals surface area contributed by atoms with Gasteiger partial charge in [-0.1, -0.05) is 31.8 Å². The monoisotopic (exact) mass is 250 g/mol. The fourth-order valence-electron chi connectivity index (χ4n) is 2.62. The van der Waals surface area contributed by atoms with Gasteiger partial charge in [-0.25, -0.2) is 0 Å². The summed E-state index contributed by atoms with van der Waals surface area (Å²) in [6.07, 6.45) is 4.23. The van der Waals surface area contributed by atoms with Gasteiger partial charge in [-0.05, 0) is 18.3 Å². The van der Waals surface area contributed by atoms with Gasteiger partial charge in [-0.2, -0.15) is 0 Å². The van der Waals surface area contributed by atoms with Gasteiger partial charge < -0.3 is 13.9 Å². The SMILES string of the molecule is CBN(BC)BN1C=Cc2oc3ccccc3c2C1. The Morgan fingerprint density at radius 2 is 2.00 bits per heavy atom. The number of fused-ring (bicyclic) bond motifs is 3. The molecule has 0 saturated carbocycles. The Balaban J connectivity index is 1.86. The molecule has 0 radical (unpaired) electrons. The Bertz CT molecular complexity index is 607. The molecule has 0 saturated heterocycles. The van der Waals surface area contributed by atoms with Gasteiger partial charge in [0.1, 0.15) is 11.3 Å². The number of hydrogen-bond acceptors (Lipinski definition) is 3. The molecule has 0 N–H and O–H groups in total. The zero-order valence-electron chi connectivity index (χ0n) is 11.6. The Morgan fingerprint density at radius 1 is 1.21 bits per heavy atom. The van der Waals surface area contributed by atoms with Crippen LogP contribution in [0.4, 0.5) is 0 Å². The molecule has 1 aliphatic heterocycles. The Hall–Kier alpha value is -1.55. The van der Waals surface area contributed by atoms with Crippen molar-refractivity contribution in [2.45, 2.75) is 20.2 Å². The highest BCUT2D eigenvalue weighted by Crippen LogP contribution is 2.30. The van der Waals surface area contributed by atoms with Gasteiger partial charge in [0, 0.05) is 17.5 Å². The van der Waals surface area contributed by atoms with Gasteiger partial charge in [0.05, 0.1) is 0 Å². The first kappa shape index (κ1) is 12.5. The van der Waals surface area contributed by atoms with Crippen molar-refractivity contribution in [3.63, 3.8) is 0 Å². The number of para-hydroxylation sites is 1. The minimum atomic E-state index is 0.930. The summed E-state index contributed by atoms with van der Waals surface area (Å²) >= 11 is 0. The summed E-state index contributed by atoms with van der Waals surface area (Å²) in [4.78, 5) is 2.34. The smallest absolute Gasteiger partial charge is 0.300 e. The maximum absolute atomic E-state index is 5.87. The second-order valence-electron chi connectivity index (χ2n) is 4.95. The highest BCUT2D eigenvalue weighted by Gasteiger charge is 2.19. The largest absolute Gasteiger partial charge is 0.456 e. The summed E-state index contributed by atoms with van der Waals surface area (Å²) < 4.78 is 8.28. The van der Waals surface area contributed by atoms with Crippen molar-refractivity contribution in [2.75, 3.05) is 0 Å². The van der Waals surface area contributed by atoms with E-state index in [0.717, 1.165) is 40.3 Å². The zero-order chi connectivity index (χ0) is 13.2. The number of nitrogens with zero attached hydrogens (tertiary/aromatic N) is 2. The van der Waals surface area contributed by atoms with Crippen LogP contribution in [-0.2, 0) is 6.54 Å². The van der Waals surface area contributed by atoms with Crippen LogP contribution in [0.5, 0.6) is 0 Å². The molecule has 6 heteroatoms. The number of hydrogen-bond donors (Lipinski definition) is 0. The van der Waals surface area contributed by atoms with Gasteiger partial charge in [0.2, 0.25) is 0 Å². The quantitative estimate of drug-likeness (QED) is 0.768. The van der Waals surface area contributed by atoms with E-state index in [1.165, 1.54) is 10.9 Å². The fourth-order valence-corrected chi connectivity index (χ4v) is 2.62. The number of rotatable bonds is 4. The molecule has 0 amide bonds. The molecule has 1 aromatic carbocycles. The van der Waals surface area contributed by atoms with Crippen LogP contribution in [0.2, 0.25) is 13.6 Å². The lowest BCUT2D eigenvalue weighted by atomic mass is 9.71. The van der Waals surface area contributed by atoms with Crippen LogP contribution < -0.4 is 0 Å². The molecule has 3 nitrogen and oxygen atoms in total. The third-order valence-corrected chi connectivity index (χ3v) is 3.80. The van der Waals surface area contributed by atoms with Crippen molar-refractivity contribution in [3.8, 4) is 0 Å². The Morgan fingerprint density at radius 3 is 2.79 bits per heavy atom. The van der Waals surface area contributed by atoms with E-state index in [4.69, 9.17) is 4.42 Å². The van der Waals surface area contributed by atoms with E-state index in [0.29, 0.717) is 0 Å². The summed E-state index contributed by atoms with van der Waals surface area (Å²) in [5.74, 6) is 1.01. The maximum atomic E-state index is 5.87. The molecule has 2 aromatic rings. The molecule has 0 atom stereocenters. The van der Waals surface area contributed by atoms with Crippen LogP contribution in [0.25, 0.3) is 17.0 Å². The second kappa shape index (κ2) is 5.21. The minimum absolute atomic E-state index is 0.930. The fraction of sp³-hybridized carbons (Fsp3) is 0.231. The van der Waals surface area contributed by atoms with E-state index in [2.05, 4.69) is 47.5 Å². The zero-order valence-corrected chi connectivity index (χ0v) is 11.6. The lowest BCUT2D eigenvalue weighted by Crippen LogP contribution is -2.41. The lowest BCUT2D eigenvalue weighted by molar-refractivity contribution is 0.531. The van der Waals surface area contributed by atoms with Gasteiger partial charge in [0.25, 0.3) is 0 Å². The average molecular weight is 250 g/mol. The van der Waals surface area contributed by atoms with Crippen LogP contribution >= 0.6 is 0 Å². The number of benzene rings is 1. The molecule has 0 bridgehead atoms. The topological polar surface area (TPSA) is 19.6 Å². The number of furan rings is 1. The van der Waals surface area contributed by atoms with E-state index in [9.17, 15) is 0 Å². The van der Waals surface area contributed by atoms with Crippen molar-refractivity contribution in [3.05, 3.63) is 41.8 Å². The van der Waals surface area contributed by atoms with Crippen LogP contribution in [0, 0.1) is 0 Å². The van der Waals surface area contributed by atoms with E-state index >= 15 is 0 Å². The first-order valence-corrected chi connectivity index (χ1v) is 6.96. The highest BCUT2D eigenvalue weighted by molar-refractivity contribution is 6.63. The summed E-state index contributed by atoms with van der Waals surface area (Å²) in [5, 5.41) is 1.24. The summed E-state index contributed by atoms with van der Waals surface area (Å²) in [6, 6.07) is 8.28. The van der Waals surface area contributed by atoms with Gasteiger partial charge in [-0.3, -0.25) is 0 Å². The summed E-state index contributed by atoms with van der Waals surface area (Å²) in [5.41, 5.74) is 2.30. The van der Waals surface area contributed by atoms with Gasteiger partial charge in [-0.15, -0.1) is 0 Å². The normalized spacial score (nSPS) is 13.7. The summed E-state index contributed by atoms with van der Waals surface area (Å²) in [6.45, 7) is 5.34. The van der Waals surface area contributed by atoms with Gasteiger partial charge in [0.15, 0.2) is 14.8 Å². The van der Waals surface area contributed by atoms with Crippen LogP contribution in [0.3, 0.4) is 0 Å². The van der Waals surface area contributed by atoms with Crippen molar-refractivity contribution >= 4 is 39.4 Å². The van der Waals surface area contributed by atoms with Crippen molar-refractivity contribution in [2.24, 2.45) is 0 Å². The minimum Gasteiger partial charge on any atom is -0.456 e. The molecular formula is C13H17B3N2O. The third kappa shape index (κ3) is 2.32.